The van der Waals surface area contributed by atoms with Gasteiger partial charge in [-0.05, 0) is 94.8 Å². The maximum absolute atomic E-state index is 6.12. The summed E-state index contributed by atoms with van der Waals surface area (Å²) in [6, 6.07) is 0.898. The first kappa shape index (κ1) is 26.7. The summed E-state index contributed by atoms with van der Waals surface area (Å²) < 4.78 is 18.3. The van der Waals surface area contributed by atoms with Gasteiger partial charge in [-0.1, -0.05) is 55.7 Å². The molecule has 0 amide bonds. The molecule has 1 aromatic heterocycles. The van der Waals surface area contributed by atoms with E-state index in [-0.39, 0.29) is 0 Å². The second-order valence-electron chi connectivity index (χ2n) is 11.6. The van der Waals surface area contributed by atoms with E-state index in [0.29, 0.717) is 73.4 Å². The number of aromatic nitrogens is 3. The highest BCUT2D eigenvalue weighted by Gasteiger charge is 2.25. The summed E-state index contributed by atoms with van der Waals surface area (Å²) in [4.78, 5) is 13.5. The highest BCUT2D eigenvalue weighted by molar-refractivity contribution is 5.12. The van der Waals surface area contributed by atoms with Crippen LogP contribution in [0.5, 0.6) is 18.0 Å². The first-order valence-electron chi connectivity index (χ1n) is 13.9. The molecule has 0 bridgehead atoms. The molecule has 0 aromatic carbocycles. The quantitative estimate of drug-likeness (QED) is 0.344. The van der Waals surface area contributed by atoms with Crippen molar-refractivity contribution in [2.24, 2.45) is 35.5 Å². The summed E-state index contributed by atoms with van der Waals surface area (Å²) in [6.07, 6.45) is 13.8. The number of nitrogens with zero attached hydrogens (tertiary/aromatic N) is 3. The Hall–Kier alpha value is -2.37. The largest absolute Gasteiger partial charge is 0.463 e. The van der Waals surface area contributed by atoms with Crippen molar-refractivity contribution < 1.29 is 14.2 Å². The minimum atomic E-state index is 0.299. The lowest BCUT2D eigenvalue weighted by Crippen LogP contribution is -2.24. The van der Waals surface area contributed by atoms with Crippen LogP contribution in [0.4, 0.5) is 0 Å². The first-order valence-corrected chi connectivity index (χ1v) is 13.9. The Labute approximate surface area is 217 Å². The van der Waals surface area contributed by atoms with Crippen LogP contribution < -0.4 is 14.2 Å². The molecule has 0 spiro atoms. The van der Waals surface area contributed by atoms with Crippen molar-refractivity contribution in [2.75, 3.05) is 19.8 Å². The maximum Gasteiger partial charge on any atom is 0.325 e. The molecule has 0 saturated heterocycles. The Morgan fingerprint density at radius 2 is 0.833 bits per heavy atom. The zero-order valence-electron chi connectivity index (χ0n) is 23.1. The van der Waals surface area contributed by atoms with Crippen LogP contribution in [-0.2, 0) is 0 Å². The Bertz CT molecular complexity index is 850. The van der Waals surface area contributed by atoms with Gasteiger partial charge in [0.2, 0.25) is 0 Å². The van der Waals surface area contributed by atoms with Crippen LogP contribution in [0, 0.1) is 35.5 Å². The van der Waals surface area contributed by atoms with E-state index in [9.17, 15) is 0 Å². The number of allylic oxidation sites excluding steroid dienone is 6. The lowest BCUT2D eigenvalue weighted by molar-refractivity contribution is 0.158. The lowest BCUT2D eigenvalue weighted by atomic mass is 9.83. The SMILES string of the molecule is CC1=CC(C)C(COc2nc(OCC3CCC(C)=CC3C)nc(OCC3CCC(C)=CC3C)n2)CC1. The number of hydrogen-bond acceptors (Lipinski definition) is 6. The summed E-state index contributed by atoms with van der Waals surface area (Å²) in [5.41, 5.74) is 4.40. The molecule has 198 valence electrons. The van der Waals surface area contributed by atoms with Gasteiger partial charge in [-0.3, -0.25) is 0 Å². The maximum atomic E-state index is 6.12. The third-order valence-electron chi connectivity index (χ3n) is 8.45. The average Bonchev–Trinajstić information content (AvgIpc) is 2.82. The standard InChI is InChI=1S/C30H45N3O3/c1-19-7-10-25(22(4)13-19)16-34-28-31-29(35-17-26-11-8-20(2)14-23(26)5)33-30(32-28)36-18-27-12-9-21(3)15-24(27)6/h13-15,22-27H,7-12,16-18H2,1-6H3. The van der Waals surface area contributed by atoms with Crippen molar-refractivity contribution in [3.63, 3.8) is 0 Å². The van der Waals surface area contributed by atoms with Gasteiger partial charge in [-0.2, -0.15) is 0 Å². The molecule has 4 rings (SSSR count). The zero-order chi connectivity index (χ0) is 25.7. The van der Waals surface area contributed by atoms with Crippen LogP contribution in [0.3, 0.4) is 0 Å². The monoisotopic (exact) mass is 495 g/mol. The van der Waals surface area contributed by atoms with Crippen molar-refractivity contribution in [3.8, 4) is 18.0 Å². The van der Waals surface area contributed by atoms with Crippen LogP contribution in [0.25, 0.3) is 0 Å². The third kappa shape index (κ3) is 7.33. The van der Waals surface area contributed by atoms with E-state index in [1.54, 1.807) is 0 Å². The molecule has 3 aliphatic rings. The van der Waals surface area contributed by atoms with Gasteiger partial charge in [0, 0.05) is 0 Å². The molecule has 6 nitrogen and oxygen atoms in total. The molecule has 36 heavy (non-hydrogen) atoms. The van der Waals surface area contributed by atoms with Crippen LogP contribution in [0.2, 0.25) is 0 Å². The molecule has 3 aliphatic carbocycles. The van der Waals surface area contributed by atoms with Gasteiger partial charge >= 0.3 is 18.0 Å². The fraction of sp³-hybridized carbons (Fsp3) is 0.700. The number of rotatable bonds is 9. The Morgan fingerprint density at radius 3 is 1.08 bits per heavy atom. The summed E-state index contributed by atoms with van der Waals surface area (Å²) in [5.74, 6) is 2.82. The number of hydrogen-bond donors (Lipinski definition) is 0. The second kappa shape index (κ2) is 12.2. The average molecular weight is 496 g/mol. The highest BCUT2D eigenvalue weighted by Crippen LogP contribution is 2.31. The molecule has 0 N–H and O–H groups in total. The van der Waals surface area contributed by atoms with Crippen LogP contribution in [-0.4, -0.2) is 34.8 Å². The Kier molecular flexibility index (Phi) is 9.08. The molecule has 0 radical (unpaired) electrons. The van der Waals surface area contributed by atoms with E-state index in [2.05, 4.69) is 74.7 Å². The zero-order valence-corrected chi connectivity index (χ0v) is 23.1. The molecule has 0 aliphatic heterocycles. The van der Waals surface area contributed by atoms with Crippen molar-refractivity contribution in [1.29, 1.82) is 0 Å². The van der Waals surface area contributed by atoms with Crippen molar-refractivity contribution in [3.05, 3.63) is 34.9 Å². The molecule has 0 saturated carbocycles. The van der Waals surface area contributed by atoms with E-state index in [0.717, 1.165) is 38.5 Å². The fourth-order valence-electron chi connectivity index (χ4n) is 5.80. The lowest BCUT2D eigenvalue weighted by Gasteiger charge is -2.27. The molecular formula is C30H45N3O3. The van der Waals surface area contributed by atoms with Gasteiger partial charge in [-0.15, -0.1) is 15.0 Å². The van der Waals surface area contributed by atoms with E-state index in [4.69, 9.17) is 14.2 Å². The topological polar surface area (TPSA) is 66.4 Å². The normalized spacial score (nSPS) is 30.7. The summed E-state index contributed by atoms with van der Waals surface area (Å²) in [7, 11) is 0. The van der Waals surface area contributed by atoms with Crippen LogP contribution >= 0.6 is 0 Å². The second-order valence-corrected chi connectivity index (χ2v) is 11.6. The first-order chi connectivity index (χ1) is 17.3. The van der Waals surface area contributed by atoms with Gasteiger partial charge in [0.25, 0.3) is 0 Å². The molecule has 6 unspecified atom stereocenters. The van der Waals surface area contributed by atoms with E-state index in [1.807, 2.05) is 0 Å². The van der Waals surface area contributed by atoms with Crippen LogP contribution in [0.15, 0.2) is 34.9 Å². The third-order valence-corrected chi connectivity index (χ3v) is 8.45. The summed E-state index contributed by atoms with van der Waals surface area (Å²) in [5, 5.41) is 0. The summed E-state index contributed by atoms with van der Waals surface area (Å²) in [6.45, 7) is 15.2. The highest BCUT2D eigenvalue weighted by atomic mass is 16.5. The fourth-order valence-corrected chi connectivity index (χ4v) is 5.80. The molecule has 6 heteroatoms. The minimum absolute atomic E-state index is 0.299. The van der Waals surface area contributed by atoms with Crippen molar-refractivity contribution >= 4 is 0 Å². The molecule has 6 atom stereocenters. The molecule has 0 fully saturated rings. The van der Waals surface area contributed by atoms with Gasteiger partial charge in [0.1, 0.15) is 0 Å². The summed E-state index contributed by atoms with van der Waals surface area (Å²) >= 11 is 0. The van der Waals surface area contributed by atoms with E-state index < -0.39 is 0 Å². The smallest absolute Gasteiger partial charge is 0.325 e. The van der Waals surface area contributed by atoms with Gasteiger partial charge < -0.3 is 14.2 Å². The molecule has 1 heterocycles. The molecule has 1 aromatic rings. The van der Waals surface area contributed by atoms with E-state index in [1.165, 1.54) is 16.7 Å². The Balaban J connectivity index is 1.43. The predicted octanol–water partition coefficient (Wildman–Crippen LogP) is 6.99. The van der Waals surface area contributed by atoms with Crippen molar-refractivity contribution in [1.82, 2.24) is 15.0 Å². The Morgan fingerprint density at radius 1 is 0.556 bits per heavy atom. The van der Waals surface area contributed by atoms with Gasteiger partial charge in [-0.25, -0.2) is 0 Å². The predicted molar refractivity (Wildman–Crippen MR) is 143 cm³/mol. The van der Waals surface area contributed by atoms with Gasteiger partial charge in [0.05, 0.1) is 19.8 Å². The van der Waals surface area contributed by atoms with E-state index >= 15 is 0 Å². The molecular weight excluding hydrogens is 450 g/mol. The minimum Gasteiger partial charge on any atom is -0.463 e. The van der Waals surface area contributed by atoms with Crippen LogP contribution in [0.1, 0.15) is 80.1 Å². The van der Waals surface area contributed by atoms with Gasteiger partial charge in [0.15, 0.2) is 0 Å². The van der Waals surface area contributed by atoms with Crippen molar-refractivity contribution in [2.45, 2.75) is 80.1 Å². The number of ether oxygens (including phenoxy) is 3.